The number of piperidine rings is 1. The van der Waals surface area contributed by atoms with Crippen molar-refractivity contribution in [3.8, 4) is 5.75 Å². The lowest BCUT2D eigenvalue weighted by molar-refractivity contribution is -0.137. The summed E-state index contributed by atoms with van der Waals surface area (Å²) in [6.45, 7) is 0.324. The number of nitrogens with one attached hydrogen (secondary N) is 2. The van der Waals surface area contributed by atoms with Crippen molar-refractivity contribution < 1.29 is 32.7 Å². The first-order chi connectivity index (χ1) is 16.3. The highest BCUT2D eigenvalue weighted by Crippen LogP contribution is 2.30. The third-order valence-corrected chi connectivity index (χ3v) is 6.10. The van der Waals surface area contributed by atoms with Crippen molar-refractivity contribution >= 4 is 29.7 Å². The van der Waals surface area contributed by atoms with E-state index in [0.717, 1.165) is 23.3 Å². The van der Waals surface area contributed by atoms with Gasteiger partial charge in [0.15, 0.2) is 11.6 Å². The van der Waals surface area contributed by atoms with E-state index in [-0.39, 0.29) is 61.2 Å². The summed E-state index contributed by atoms with van der Waals surface area (Å²) in [5.74, 6) is -3.39. The van der Waals surface area contributed by atoms with Gasteiger partial charge in [0.2, 0.25) is 11.8 Å². The Bertz CT molecular complexity index is 1290. The molecule has 174 valence electrons. The molecule has 0 aliphatic carbocycles. The zero-order chi connectivity index (χ0) is 24.0. The summed E-state index contributed by atoms with van der Waals surface area (Å²) < 4.78 is 32.2. The van der Waals surface area contributed by atoms with E-state index in [1.807, 2.05) is 0 Å². The number of rotatable bonds is 4. The normalized spacial score (nSPS) is 19.1. The minimum absolute atomic E-state index is 0.0799. The highest BCUT2D eigenvalue weighted by atomic mass is 19.2. The van der Waals surface area contributed by atoms with Gasteiger partial charge in [0.25, 0.3) is 11.8 Å². The number of imide groups is 1. The largest absolute Gasteiger partial charge is 0.488 e. The highest BCUT2D eigenvalue weighted by molar-refractivity contribution is 6.05. The Kier molecular flexibility index (Phi) is 5.35. The summed E-state index contributed by atoms with van der Waals surface area (Å²) in [5, 5.41) is 5.03. The number of hydrogen-bond acceptors (Lipinski definition) is 5. The molecule has 8 nitrogen and oxygen atoms in total. The van der Waals surface area contributed by atoms with Gasteiger partial charge in [-0.1, -0.05) is 12.1 Å². The number of amides is 4. The first-order valence-electron chi connectivity index (χ1n) is 10.7. The Balaban J connectivity index is 1.25. The number of hydrogen-bond donors (Lipinski definition) is 2. The lowest BCUT2D eigenvalue weighted by Crippen LogP contribution is -2.52. The molecule has 0 spiro atoms. The number of benzene rings is 2. The van der Waals surface area contributed by atoms with E-state index >= 15 is 0 Å². The Labute approximate surface area is 192 Å². The summed E-state index contributed by atoms with van der Waals surface area (Å²) in [6.07, 6.45) is 1.92. The second-order valence-electron chi connectivity index (χ2n) is 8.34. The van der Waals surface area contributed by atoms with Crippen molar-refractivity contribution in [2.24, 2.45) is 0 Å². The fourth-order valence-electron chi connectivity index (χ4n) is 4.33. The summed E-state index contributed by atoms with van der Waals surface area (Å²) >= 11 is 0. The Morgan fingerprint density at radius 1 is 1.15 bits per heavy atom. The quantitative estimate of drug-likeness (QED) is 0.668. The molecular weight excluding hydrogens is 448 g/mol. The average molecular weight is 467 g/mol. The number of ether oxygens (including phenoxy) is 1. The SMILES string of the molecule is O=C1CCC(N2Cc3cc(CNC(=O)C4=Cc5cc(F)c(F)cc5OC4)ccc3C2=O)C(=O)N1. The summed E-state index contributed by atoms with van der Waals surface area (Å²) in [7, 11) is 0. The highest BCUT2D eigenvalue weighted by Gasteiger charge is 2.39. The van der Waals surface area contributed by atoms with Gasteiger partial charge in [-0.15, -0.1) is 0 Å². The molecule has 1 fully saturated rings. The van der Waals surface area contributed by atoms with Crippen LogP contribution in [0.3, 0.4) is 0 Å². The Hall–Kier alpha value is -4.08. The predicted octanol–water partition coefficient (Wildman–Crippen LogP) is 1.82. The predicted molar refractivity (Wildman–Crippen MR) is 114 cm³/mol. The van der Waals surface area contributed by atoms with Gasteiger partial charge in [0.1, 0.15) is 18.4 Å². The second-order valence-corrected chi connectivity index (χ2v) is 8.34. The number of carbonyl (C=O) groups excluding carboxylic acids is 4. The van der Waals surface area contributed by atoms with Crippen LogP contribution < -0.4 is 15.4 Å². The summed E-state index contributed by atoms with van der Waals surface area (Å²) in [4.78, 5) is 50.4. The Morgan fingerprint density at radius 2 is 1.94 bits per heavy atom. The number of nitrogens with zero attached hydrogens (tertiary/aromatic N) is 1. The van der Waals surface area contributed by atoms with E-state index in [2.05, 4.69) is 10.6 Å². The number of fused-ring (bicyclic) bond motifs is 2. The molecule has 2 aromatic rings. The zero-order valence-electron chi connectivity index (χ0n) is 17.8. The lowest BCUT2D eigenvalue weighted by atomic mass is 10.0. The van der Waals surface area contributed by atoms with Gasteiger partial charge < -0.3 is 15.0 Å². The molecule has 1 atom stereocenters. The van der Waals surface area contributed by atoms with Gasteiger partial charge in [0, 0.05) is 36.7 Å². The van der Waals surface area contributed by atoms with E-state index in [4.69, 9.17) is 4.74 Å². The van der Waals surface area contributed by atoms with Crippen molar-refractivity contribution in [2.75, 3.05) is 6.61 Å². The van der Waals surface area contributed by atoms with Crippen molar-refractivity contribution in [2.45, 2.75) is 32.0 Å². The first-order valence-corrected chi connectivity index (χ1v) is 10.7. The monoisotopic (exact) mass is 467 g/mol. The van der Waals surface area contributed by atoms with Gasteiger partial charge in [-0.25, -0.2) is 8.78 Å². The molecule has 2 aromatic carbocycles. The van der Waals surface area contributed by atoms with Crippen LogP contribution in [0.15, 0.2) is 35.9 Å². The van der Waals surface area contributed by atoms with Crippen LogP contribution >= 0.6 is 0 Å². The number of carbonyl (C=O) groups is 4. The molecule has 3 aliphatic heterocycles. The van der Waals surface area contributed by atoms with E-state index in [1.54, 1.807) is 18.2 Å². The van der Waals surface area contributed by atoms with Gasteiger partial charge in [0.05, 0.1) is 5.57 Å². The van der Waals surface area contributed by atoms with Gasteiger partial charge >= 0.3 is 0 Å². The van der Waals surface area contributed by atoms with E-state index in [9.17, 15) is 28.0 Å². The molecule has 0 saturated carbocycles. The summed E-state index contributed by atoms with van der Waals surface area (Å²) in [5.41, 5.74) is 2.50. The second kappa shape index (κ2) is 8.36. The Morgan fingerprint density at radius 3 is 2.74 bits per heavy atom. The van der Waals surface area contributed by atoms with Crippen molar-refractivity contribution in [1.82, 2.24) is 15.5 Å². The fourth-order valence-corrected chi connectivity index (χ4v) is 4.33. The molecule has 1 unspecified atom stereocenters. The van der Waals surface area contributed by atoms with Crippen LogP contribution in [0.5, 0.6) is 5.75 Å². The van der Waals surface area contributed by atoms with Crippen LogP contribution in [-0.2, 0) is 27.5 Å². The molecule has 0 bridgehead atoms. The van der Waals surface area contributed by atoms with Gasteiger partial charge in [-0.2, -0.15) is 0 Å². The van der Waals surface area contributed by atoms with Gasteiger partial charge in [-0.3, -0.25) is 24.5 Å². The van der Waals surface area contributed by atoms with E-state index in [1.165, 1.54) is 11.0 Å². The third kappa shape index (κ3) is 3.91. The van der Waals surface area contributed by atoms with E-state index in [0.29, 0.717) is 5.56 Å². The van der Waals surface area contributed by atoms with Crippen molar-refractivity contribution in [1.29, 1.82) is 0 Å². The molecular formula is C24H19F2N3O5. The maximum Gasteiger partial charge on any atom is 0.255 e. The minimum Gasteiger partial charge on any atom is -0.488 e. The number of halogens is 2. The zero-order valence-corrected chi connectivity index (χ0v) is 17.8. The third-order valence-electron chi connectivity index (χ3n) is 6.10. The van der Waals surface area contributed by atoms with Crippen LogP contribution in [0.25, 0.3) is 6.08 Å². The molecule has 34 heavy (non-hydrogen) atoms. The standard InChI is InChI=1S/C24H19F2N3O5/c25-17-7-13-6-15(11-34-20(13)8-18(17)26)22(31)27-9-12-1-2-16-14(5-12)10-29(24(16)33)19-3-4-21(30)28-23(19)32/h1-2,5-8,19H,3-4,9-11H2,(H,27,31)(H,28,30,32). The van der Waals surface area contributed by atoms with Gasteiger partial charge in [-0.05, 0) is 35.8 Å². The summed E-state index contributed by atoms with van der Waals surface area (Å²) in [6, 6.07) is 6.38. The fraction of sp³-hybridized carbons (Fsp3) is 0.250. The maximum absolute atomic E-state index is 13.5. The molecule has 3 heterocycles. The smallest absolute Gasteiger partial charge is 0.255 e. The van der Waals surface area contributed by atoms with Crippen LogP contribution in [-0.4, -0.2) is 41.2 Å². The minimum atomic E-state index is -1.03. The molecule has 4 amide bonds. The average Bonchev–Trinajstić information content (AvgIpc) is 3.13. The first kappa shape index (κ1) is 21.7. The van der Waals surface area contributed by atoms with Crippen molar-refractivity contribution in [3.63, 3.8) is 0 Å². The van der Waals surface area contributed by atoms with Crippen LogP contribution in [0, 0.1) is 11.6 Å². The van der Waals surface area contributed by atoms with Crippen molar-refractivity contribution in [3.05, 3.63) is 69.8 Å². The molecule has 10 heteroatoms. The topological polar surface area (TPSA) is 105 Å². The molecule has 0 aromatic heterocycles. The van der Waals surface area contributed by atoms with E-state index < -0.39 is 29.5 Å². The molecule has 0 radical (unpaired) electrons. The molecule has 5 rings (SSSR count). The molecule has 3 aliphatic rings. The van der Waals surface area contributed by atoms with Crippen LogP contribution in [0.4, 0.5) is 8.78 Å². The van der Waals surface area contributed by atoms with Crippen LogP contribution in [0.2, 0.25) is 0 Å². The maximum atomic E-state index is 13.5. The molecule has 2 N–H and O–H groups in total. The molecule has 1 saturated heterocycles. The van der Waals surface area contributed by atoms with Crippen LogP contribution in [0.1, 0.15) is 39.9 Å². The lowest BCUT2D eigenvalue weighted by Gasteiger charge is -2.29.